The molecule has 2 aliphatic rings. The highest BCUT2D eigenvalue weighted by molar-refractivity contribution is 6.34. The molecule has 1 heterocycles. The predicted octanol–water partition coefficient (Wildman–Crippen LogP) is 2.69. The summed E-state index contributed by atoms with van der Waals surface area (Å²) in [5, 5.41) is 20.4. The van der Waals surface area contributed by atoms with E-state index in [0.717, 1.165) is 0 Å². The van der Waals surface area contributed by atoms with Crippen LogP contribution in [-0.2, 0) is 9.59 Å². The number of anilines is 1. The van der Waals surface area contributed by atoms with Gasteiger partial charge in [0.2, 0.25) is 11.7 Å². The van der Waals surface area contributed by atoms with E-state index in [1.54, 1.807) is 6.08 Å². The van der Waals surface area contributed by atoms with Crippen molar-refractivity contribution in [3.8, 4) is 5.75 Å². The van der Waals surface area contributed by atoms with Gasteiger partial charge < -0.3 is 5.11 Å². The number of rotatable bonds is 2. The molecule has 0 bridgehead atoms. The van der Waals surface area contributed by atoms with Crippen molar-refractivity contribution < 1.29 is 24.0 Å². The molecule has 0 spiro atoms. The van der Waals surface area contributed by atoms with Crippen molar-refractivity contribution in [3.63, 3.8) is 0 Å². The Hall–Kier alpha value is -2.48. The van der Waals surface area contributed by atoms with E-state index < -0.39 is 50.6 Å². The highest BCUT2D eigenvalue weighted by Crippen LogP contribution is 2.47. The number of phenolic OH excluding ortho intramolecular Hbond substituents is 1. The van der Waals surface area contributed by atoms with Gasteiger partial charge in [-0.05, 0) is 25.3 Å². The van der Waals surface area contributed by atoms with Gasteiger partial charge in [0.1, 0.15) is 0 Å². The van der Waals surface area contributed by atoms with E-state index in [0.29, 0.717) is 30.2 Å². The molecular weight excluding hydrogens is 331 g/mol. The number of imide groups is 1. The number of halogens is 2. The number of carbonyl (C=O) groups is 2. The summed E-state index contributed by atoms with van der Waals surface area (Å²) >= 11 is 5.54. The molecule has 23 heavy (non-hydrogen) atoms. The van der Waals surface area contributed by atoms with Gasteiger partial charge in [0.25, 0.3) is 5.91 Å². The number of fused-ring (bicyclic) bond motifs is 1. The average molecular weight is 341 g/mol. The Morgan fingerprint density at radius 1 is 1.43 bits per heavy atom. The average Bonchev–Trinajstić information content (AvgIpc) is 2.75. The van der Waals surface area contributed by atoms with Gasteiger partial charge in [0.05, 0.1) is 15.9 Å². The Balaban J connectivity index is 2.23. The Kier molecular flexibility index (Phi) is 3.56. The molecular formula is C14H10ClFN2O5. The van der Waals surface area contributed by atoms with Crippen molar-refractivity contribution in [2.75, 3.05) is 4.90 Å². The molecule has 0 aromatic heterocycles. The van der Waals surface area contributed by atoms with Crippen LogP contribution in [0.2, 0.25) is 5.02 Å². The third-order valence-corrected chi connectivity index (χ3v) is 4.25. The van der Waals surface area contributed by atoms with Crippen LogP contribution in [0.15, 0.2) is 17.7 Å². The third kappa shape index (κ3) is 2.17. The van der Waals surface area contributed by atoms with E-state index in [1.165, 1.54) is 0 Å². The summed E-state index contributed by atoms with van der Waals surface area (Å²) in [6.07, 6.45) is 3.31. The standard InChI is InChI=1S/C14H10ClFN2O5/c15-8-5-9(16)10(11(12(8)19)18(22)23)17-13(20)6-3-1-2-4-7(6)14(17)21/h3,5,7,19H,1-2,4H2. The van der Waals surface area contributed by atoms with E-state index in [2.05, 4.69) is 0 Å². The Bertz CT molecular complexity index is 792. The van der Waals surface area contributed by atoms with E-state index in [4.69, 9.17) is 11.6 Å². The fourth-order valence-corrected chi connectivity index (χ4v) is 3.12. The van der Waals surface area contributed by atoms with Gasteiger partial charge in [-0.1, -0.05) is 17.7 Å². The summed E-state index contributed by atoms with van der Waals surface area (Å²) in [6, 6.07) is 0.635. The van der Waals surface area contributed by atoms with Gasteiger partial charge in [-0.2, -0.15) is 0 Å². The second-order valence-corrected chi connectivity index (χ2v) is 5.67. The molecule has 7 nitrogen and oxygen atoms in total. The summed E-state index contributed by atoms with van der Waals surface area (Å²) in [4.78, 5) is 35.4. The fourth-order valence-electron chi connectivity index (χ4n) is 2.94. The minimum atomic E-state index is -1.22. The summed E-state index contributed by atoms with van der Waals surface area (Å²) in [6.45, 7) is 0. The molecule has 0 radical (unpaired) electrons. The third-order valence-electron chi connectivity index (χ3n) is 3.97. The first-order chi connectivity index (χ1) is 10.8. The molecule has 1 aromatic rings. The maximum absolute atomic E-state index is 14.3. The summed E-state index contributed by atoms with van der Waals surface area (Å²) in [5.41, 5.74) is -1.76. The van der Waals surface area contributed by atoms with Crippen LogP contribution in [0.3, 0.4) is 0 Å². The molecule has 120 valence electrons. The van der Waals surface area contributed by atoms with Crippen molar-refractivity contribution in [1.29, 1.82) is 0 Å². The lowest BCUT2D eigenvalue weighted by molar-refractivity contribution is -0.385. The number of hydrogen-bond acceptors (Lipinski definition) is 5. The molecule has 1 unspecified atom stereocenters. The normalized spacial score (nSPS) is 20.5. The highest BCUT2D eigenvalue weighted by atomic mass is 35.5. The number of allylic oxidation sites excluding steroid dienone is 1. The molecule has 9 heteroatoms. The summed E-state index contributed by atoms with van der Waals surface area (Å²) in [5.74, 6) is -4.47. The molecule has 2 amide bonds. The van der Waals surface area contributed by atoms with Gasteiger partial charge >= 0.3 is 5.69 Å². The van der Waals surface area contributed by atoms with Crippen LogP contribution >= 0.6 is 11.6 Å². The lowest BCUT2D eigenvalue weighted by atomic mass is 9.90. The Morgan fingerprint density at radius 2 is 2.13 bits per heavy atom. The van der Waals surface area contributed by atoms with Gasteiger partial charge in [-0.25, -0.2) is 9.29 Å². The fraction of sp³-hybridized carbons (Fsp3) is 0.286. The second-order valence-electron chi connectivity index (χ2n) is 5.26. The van der Waals surface area contributed by atoms with Crippen LogP contribution in [0.5, 0.6) is 5.75 Å². The largest absolute Gasteiger partial charge is 0.501 e. The zero-order valence-corrected chi connectivity index (χ0v) is 12.3. The molecule has 1 saturated heterocycles. The van der Waals surface area contributed by atoms with E-state index >= 15 is 0 Å². The number of amides is 2. The smallest absolute Gasteiger partial charge is 0.339 e. The lowest BCUT2D eigenvalue weighted by Gasteiger charge is -2.16. The number of hydrogen-bond donors (Lipinski definition) is 1. The molecule has 1 aliphatic heterocycles. The van der Waals surface area contributed by atoms with E-state index in [-0.39, 0.29) is 5.57 Å². The van der Waals surface area contributed by atoms with Gasteiger partial charge in [0.15, 0.2) is 11.5 Å². The van der Waals surface area contributed by atoms with Crippen LogP contribution in [-0.4, -0.2) is 21.8 Å². The second kappa shape index (κ2) is 5.31. The summed E-state index contributed by atoms with van der Waals surface area (Å²) in [7, 11) is 0. The molecule has 1 aromatic carbocycles. The number of nitro benzene ring substituents is 1. The Labute approximate surface area is 134 Å². The van der Waals surface area contributed by atoms with Crippen LogP contribution < -0.4 is 4.90 Å². The quantitative estimate of drug-likeness (QED) is 0.506. The van der Waals surface area contributed by atoms with Crippen LogP contribution in [0.1, 0.15) is 19.3 Å². The molecule has 1 N–H and O–H groups in total. The first-order valence-electron chi connectivity index (χ1n) is 6.78. The Morgan fingerprint density at radius 3 is 2.74 bits per heavy atom. The first-order valence-corrected chi connectivity index (χ1v) is 7.16. The van der Waals surface area contributed by atoms with Crippen molar-refractivity contribution in [1.82, 2.24) is 0 Å². The molecule has 3 rings (SSSR count). The highest BCUT2D eigenvalue weighted by Gasteiger charge is 2.48. The SMILES string of the molecule is O=C1C2=CCCCC2C(=O)N1c1c(F)cc(Cl)c(O)c1[N+](=O)[O-]. The zero-order chi connectivity index (χ0) is 16.9. The van der Waals surface area contributed by atoms with Gasteiger partial charge in [0, 0.05) is 5.57 Å². The van der Waals surface area contributed by atoms with E-state index in [1.807, 2.05) is 0 Å². The minimum Gasteiger partial charge on any atom is -0.501 e. The zero-order valence-electron chi connectivity index (χ0n) is 11.6. The lowest BCUT2D eigenvalue weighted by Crippen LogP contribution is -2.32. The van der Waals surface area contributed by atoms with Crippen LogP contribution in [0.25, 0.3) is 0 Å². The first kappa shape index (κ1) is 15.4. The predicted molar refractivity (Wildman–Crippen MR) is 77.6 cm³/mol. The molecule has 1 aliphatic carbocycles. The van der Waals surface area contributed by atoms with Crippen molar-refractivity contribution in [2.45, 2.75) is 19.3 Å². The molecule has 0 saturated carbocycles. The topological polar surface area (TPSA) is 101 Å². The minimum absolute atomic E-state index is 0.212. The van der Waals surface area contributed by atoms with E-state index in [9.17, 15) is 29.2 Å². The number of carbonyl (C=O) groups excluding carboxylic acids is 2. The number of phenols is 1. The maximum Gasteiger partial charge on any atom is 0.339 e. The monoisotopic (exact) mass is 340 g/mol. The van der Waals surface area contributed by atoms with Crippen molar-refractivity contribution in [3.05, 3.63) is 38.7 Å². The number of benzene rings is 1. The molecule has 1 fully saturated rings. The van der Waals surface area contributed by atoms with Crippen molar-refractivity contribution in [2.24, 2.45) is 5.92 Å². The van der Waals surface area contributed by atoms with Crippen LogP contribution in [0, 0.1) is 21.8 Å². The van der Waals surface area contributed by atoms with Gasteiger partial charge in [-0.15, -0.1) is 0 Å². The van der Waals surface area contributed by atoms with Gasteiger partial charge in [-0.3, -0.25) is 19.7 Å². The summed E-state index contributed by atoms with van der Waals surface area (Å²) < 4.78 is 14.3. The number of nitro groups is 1. The number of aromatic hydroxyl groups is 1. The number of nitrogens with zero attached hydrogens (tertiary/aromatic N) is 2. The molecule has 1 atom stereocenters. The van der Waals surface area contributed by atoms with Crippen LogP contribution in [0.4, 0.5) is 15.8 Å². The maximum atomic E-state index is 14.3. The van der Waals surface area contributed by atoms with Crippen molar-refractivity contribution >= 4 is 34.8 Å².